The summed E-state index contributed by atoms with van der Waals surface area (Å²) in [6.45, 7) is 6.59. The normalized spacial score (nSPS) is 14.6. The molecule has 0 saturated carbocycles. The minimum atomic E-state index is -1.17. The molecular weight excluding hydrogens is 212 g/mol. The highest BCUT2D eigenvalue weighted by atomic mass is 16.6. The molecule has 1 aromatic rings. The molecule has 0 aliphatic heterocycles. The Hall–Kier alpha value is -0.860. The SMILES string of the molecule is CCCCOC(C)(O)c1ccccc1CCC. The van der Waals surface area contributed by atoms with Crippen molar-refractivity contribution in [3.8, 4) is 0 Å². The first-order chi connectivity index (χ1) is 8.11. The largest absolute Gasteiger partial charge is 0.362 e. The van der Waals surface area contributed by atoms with Gasteiger partial charge in [0, 0.05) is 5.56 Å². The second-order valence-corrected chi connectivity index (χ2v) is 4.59. The molecule has 1 unspecified atom stereocenters. The number of hydrogen-bond donors (Lipinski definition) is 1. The van der Waals surface area contributed by atoms with Crippen LogP contribution < -0.4 is 0 Å². The number of aliphatic hydroxyl groups is 1. The second kappa shape index (κ2) is 6.77. The summed E-state index contributed by atoms with van der Waals surface area (Å²) in [6, 6.07) is 7.98. The Balaban J connectivity index is 2.81. The van der Waals surface area contributed by atoms with Gasteiger partial charge in [-0.2, -0.15) is 0 Å². The van der Waals surface area contributed by atoms with Crippen molar-refractivity contribution in [2.24, 2.45) is 0 Å². The van der Waals surface area contributed by atoms with Crippen LogP contribution in [0.25, 0.3) is 0 Å². The Morgan fingerprint density at radius 1 is 1.18 bits per heavy atom. The Labute approximate surface area is 105 Å². The van der Waals surface area contributed by atoms with Gasteiger partial charge in [-0.3, -0.25) is 0 Å². The quantitative estimate of drug-likeness (QED) is 0.579. The monoisotopic (exact) mass is 236 g/mol. The Kier molecular flexibility index (Phi) is 5.66. The number of benzene rings is 1. The summed E-state index contributed by atoms with van der Waals surface area (Å²) in [4.78, 5) is 0. The van der Waals surface area contributed by atoms with Crippen LogP contribution >= 0.6 is 0 Å². The maximum atomic E-state index is 10.4. The van der Waals surface area contributed by atoms with Gasteiger partial charge in [-0.25, -0.2) is 0 Å². The molecule has 0 amide bonds. The summed E-state index contributed by atoms with van der Waals surface area (Å²) in [5.74, 6) is -1.17. The van der Waals surface area contributed by atoms with Crippen molar-refractivity contribution in [2.45, 2.75) is 52.2 Å². The first-order valence-electron chi connectivity index (χ1n) is 6.56. The molecule has 96 valence electrons. The van der Waals surface area contributed by atoms with E-state index in [9.17, 15) is 5.11 Å². The van der Waals surface area contributed by atoms with Crippen LogP contribution in [0.4, 0.5) is 0 Å². The first kappa shape index (κ1) is 14.2. The van der Waals surface area contributed by atoms with Gasteiger partial charge in [0.15, 0.2) is 5.79 Å². The smallest absolute Gasteiger partial charge is 0.189 e. The predicted octanol–water partition coefficient (Wildman–Crippen LogP) is 3.62. The molecule has 2 heteroatoms. The summed E-state index contributed by atoms with van der Waals surface area (Å²) in [5, 5.41) is 10.4. The van der Waals surface area contributed by atoms with Crippen LogP contribution in [0.1, 0.15) is 51.2 Å². The van der Waals surface area contributed by atoms with E-state index in [-0.39, 0.29) is 0 Å². The van der Waals surface area contributed by atoms with Gasteiger partial charge in [0.05, 0.1) is 6.61 Å². The van der Waals surface area contributed by atoms with E-state index >= 15 is 0 Å². The standard InChI is InChI=1S/C15H24O2/c1-4-6-12-17-15(3,16)14-11-8-7-10-13(14)9-5-2/h7-8,10-11,16H,4-6,9,12H2,1-3H3. The zero-order valence-electron chi connectivity index (χ0n) is 11.2. The van der Waals surface area contributed by atoms with E-state index in [1.54, 1.807) is 6.92 Å². The Bertz CT molecular complexity index is 331. The zero-order valence-corrected chi connectivity index (χ0v) is 11.2. The van der Waals surface area contributed by atoms with Crippen molar-refractivity contribution >= 4 is 0 Å². The lowest BCUT2D eigenvalue weighted by Gasteiger charge is -2.26. The maximum absolute atomic E-state index is 10.4. The maximum Gasteiger partial charge on any atom is 0.189 e. The van der Waals surface area contributed by atoms with Gasteiger partial charge >= 0.3 is 0 Å². The predicted molar refractivity (Wildman–Crippen MR) is 70.9 cm³/mol. The van der Waals surface area contributed by atoms with Crippen LogP contribution in [0.3, 0.4) is 0 Å². The summed E-state index contributed by atoms with van der Waals surface area (Å²) >= 11 is 0. The highest BCUT2D eigenvalue weighted by Gasteiger charge is 2.25. The van der Waals surface area contributed by atoms with Crippen molar-refractivity contribution in [3.63, 3.8) is 0 Å². The van der Waals surface area contributed by atoms with Crippen LogP contribution in [0, 0.1) is 0 Å². The lowest BCUT2D eigenvalue weighted by atomic mass is 9.97. The van der Waals surface area contributed by atoms with E-state index in [1.165, 1.54) is 5.56 Å². The summed E-state index contributed by atoms with van der Waals surface area (Å²) < 4.78 is 5.60. The minimum Gasteiger partial charge on any atom is -0.362 e. The van der Waals surface area contributed by atoms with E-state index < -0.39 is 5.79 Å². The van der Waals surface area contributed by atoms with Crippen molar-refractivity contribution < 1.29 is 9.84 Å². The topological polar surface area (TPSA) is 29.5 Å². The number of rotatable bonds is 7. The molecule has 0 heterocycles. The average Bonchev–Trinajstić information content (AvgIpc) is 2.30. The van der Waals surface area contributed by atoms with Crippen LogP contribution in [-0.2, 0) is 16.9 Å². The molecule has 1 atom stereocenters. The number of unbranched alkanes of at least 4 members (excludes halogenated alkanes) is 1. The molecule has 0 aromatic heterocycles. The van der Waals surface area contributed by atoms with Gasteiger partial charge in [0.1, 0.15) is 0 Å². The van der Waals surface area contributed by atoms with E-state index in [2.05, 4.69) is 19.9 Å². The highest BCUT2D eigenvalue weighted by molar-refractivity contribution is 5.30. The molecule has 2 nitrogen and oxygen atoms in total. The number of ether oxygens (including phenoxy) is 1. The van der Waals surface area contributed by atoms with E-state index in [4.69, 9.17) is 4.74 Å². The van der Waals surface area contributed by atoms with Gasteiger partial charge in [-0.15, -0.1) is 0 Å². The minimum absolute atomic E-state index is 0.601. The molecule has 0 aliphatic rings. The average molecular weight is 236 g/mol. The van der Waals surface area contributed by atoms with Crippen molar-refractivity contribution in [2.75, 3.05) is 6.61 Å². The van der Waals surface area contributed by atoms with E-state index in [0.717, 1.165) is 31.2 Å². The number of hydrogen-bond acceptors (Lipinski definition) is 2. The molecule has 17 heavy (non-hydrogen) atoms. The summed E-state index contributed by atoms with van der Waals surface area (Å²) in [6.07, 6.45) is 4.10. The fraction of sp³-hybridized carbons (Fsp3) is 0.600. The molecule has 0 aliphatic carbocycles. The van der Waals surface area contributed by atoms with Crippen molar-refractivity contribution in [3.05, 3.63) is 35.4 Å². The zero-order chi connectivity index (χ0) is 12.7. The third kappa shape index (κ3) is 4.14. The molecule has 0 saturated heterocycles. The van der Waals surface area contributed by atoms with Crippen molar-refractivity contribution in [1.82, 2.24) is 0 Å². The summed E-state index contributed by atoms with van der Waals surface area (Å²) in [5.41, 5.74) is 2.08. The third-order valence-electron chi connectivity index (χ3n) is 2.92. The van der Waals surface area contributed by atoms with Gasteiger partial charge in [0.2, 0.25) is 0 Å². The first-order valence-corrected chi connectivity index (χ1v) is 6.56. The van der Waals surface area contributed by atoms with Crippen LogP contribution in [0.2, 0.25) is 0 Å². The highest BCUT2D eigenvalue weighted by Crippen LogP contribution is 2.26. The van der Waals surface area contributed by atoms with Gasteiger partial charge in [-0.1, -0.05) is 51.0 Å². The fourth-order valence-corrected chi connectivity index (χ4v) is 1.95. The summed E-state index contributed by atoms with van der Waals surface area (Å²) in [7, 11) is 0. The Morgan fingerprint density at radius 3 is 2.53 bits per heavy atom. The van der Waals surface area contributed by atoms with Gasteiger partial charge < -0.3 is 9.84 Å². The van der Waals surface area contributed by atoms with E-state index in [0.29, 0.717) is 6.61 Å². The fourth-order valence-electron chi connectivity index (χ4n) is 1.95. The van der Waals surface area contributed by atoms with Gasteiger partial charge in [-0.05, 0) is 25.3 Å². The third-order valence-corrected chi connectivity index (χ3v) is 2.92. The Morgan fingerprint density at radius 2 is 1.88 bits per heavy atom. The lowest BCUT2D eigenvalue weighted by Crippen LogP contribution is -2.27. The molecular formula is C15H24O2. The molecule has 1 rings (SSSR count). The molecule has 0 spiro atoms. The molecule has 0 radical (unpaired) electrons. The van der Waals surface area contributed by atoms with E-state index in [1.807, 2.05) is 18.2 Å². The second-order valence-electron chi connectivity index (χ2n) is 4.59. The van der Waals surface area contributed by atoms with Crippen LogP contribution in [0.15, 0.2) is 24.3 Å². The molecule has 0 bridgehead atoms. The van der Waals surface area contributed by atoms with Crippen molar-refractivity contribution in [1.29, 1.82) is 0 Å². The van der Waals surface area contributed by atoms with Crippen LogP contribution in [-0.4, -0.2) is 11.7 Å². The molecule has 0 fully saturated rings. The lowest BCUT2D eigenvalue weighted by molar-refractivity contribution is -0.199. The number of aryl methyl sites for hydroxylation is 1. The molecule has 1 aromatic carbocycles. The molecule has 1 N–H and O–H groups in total. The van der Waals surface area contributed by atoms with Crippen LogP contribution in [0.5, 0.6) is 0 Å². The van der Waals surface area contributed by atoms with Gasteiger partial charge in [0.25, 0.3) is 0 Å².